The van der Waals surface area contributed by atoms with Gasteiger partial charge < -0.3 is 15.4 Å². The summed E-state index contributed by atoms with van der Waals surface area (Å²) in [6.07, 6.45) is 0. The number of halogens is 2. The highest BCUT2D eigenvalue weighted by Gasteiger charge is 2.16. The second kappa shape index (κ2) is 9.60. The minimum Gasteiger partial charge on any atom is -0.495 e. The number of ether oxygens (including phenoxy) is 1. The van der Waals surface area contributed by atoms with Crippen molar-refractivity contribution in [3.05, 3.63) is 52.0 Å². The molecule has 0 aliphatic rings. The van der Waals surface area contributed by atoms with Gasteiger partial charge in [0.2, 0.25) is 11.8 Å². The summed E-state index contributed by atoms with van der Waals surface area (Å²) in [6, 6.07) is 9.65. The zero-order chi connectivity index (χ0) is 20.0. The first-order valence-electron chi connectivity index (χ1n) is 8.24. The van der Waals surface area contributed by atoms with Crippen molar-refractivity contribution in [3.8, 4) is 5.75 Å². The summed E-state index contributed by atoms with van der Waals surface area (Å²) < 4.78 is 5.23. The third kappa shape index (κ3) is 6.13. The Morgan fingerprint density at radius 2 is 1.81 bits per heavy atom. The fourth-order valence-electron chi connectivity index (χ4n) is 2.29. The van der Waals surface area contributed by atoms with E-state index < -0.39 is 6.04 Å². The second-order valence-corrected chi connectivity index (χ2v) is 6.81. The van der Waals surface area contributed by atoms with Crippen molar-refractivity contribution < 1.29 is 14.3 Å². The van der Waals surface area contributed by atoms with E-state index in [9.17, 15) is 9.59 Å². The molecule has 8 heteroatoms. The molecule has 6 nitrogen and oxygen atoms in total. The van der Waals surface area contributed by atoms with Crippen LogP contribution < -0.4 is 20.7 Å². The summed E-state index contributed by atoms with van der Waals surface area (Å²) in [7, 11) is 1.53. The number of hydrogen-bond donors (Lipinski definition) is 3. The summed E-state index contributed by atoms with van der Waals surface area (Å²) in [5.74, 6) is -0.0604. The van der Waals surface area contributed by atoms with Gasteiger partial charge in [0.1, 0.15) is 5.75 Å². The molecule has 0 saturated heterocycles. The number of carbonyl (C=O) groups excluding carboxylic acids is 2. The zero-order valence-electron chi connectivity index (χ0n) is 15.2. The third-order valence-electron chi connectivity index (χ3n) is 3.78. The van der Waals surface area contributed by atoms with Crippen LogP contribution in [0.1, 0.15) is 12.5 Å². The number of rotatable bonds is 7. The van der Waals surface area contributed by atoms with Crippen LogP contribution in [0.3, 0.4) is 0 Å². The number of hydrogen-bond acceptors (Lipinski definition) is 4. The van der Waals surface area contributed by atoms with E-state index in [1.165, 1.54) is 7.11 Å². The molecule has 3 N–H and O–H groups in total. The minimum absolute atomic E-state index is 0.0467. The van der Waals surface area contributed by atoms with Crippen molar-refractivity contribution in [2.45, 2.75) is 19.9 Å². The summed E-state index contributed by atoms with van der Waals surface area (Å²) in [4.78, 5) is 24.4. The average Bonchev–Trinajstić information content (AvgIpc) is 2.63. The van der Waals surface area contributed by atoms with Crippen LogP contribution in [0.5, 0.6) is 5.75 Å². The number of carbonyl (C=O) groups is 2. The molecule has 2 aromatic carbocycles. The lowest BCUT2D eigenvalue weighted by Gasteiger charge is -2.15. The zero-order valence-corrected chi connectivity index (χ0v) is 16.7. The highest BCUT2D eigenvalue weighted by atomic mass is 35.5. The molecule has 0 unspecified atom stereocenters. The molecule has 2 aromatic rings. The van der Waals surface area contributed by atoms with Crippen molar-refractivity contribution in [3.63, 3.8) is 0 Å². The fraction of sp³-hybridized carbons (Fsp3) is 0.263. The molecule has 0 aliphatic carbocycles. The van der Waals surface area contributed by atoms with E-state index in [-0.39, 0.29) is 18.4 Å². The lowest BCUT2D eigenvalue weighted by Crippen LogP contribution is -2.42. The van der Waals surface area contributed by atoms with Crippen LogP contribution in [0.15, 0.2) is 36.4 Å². The predicted octanol–water partition coefficient (Wildman–Crippen LogP) is 3.87. The van der Waals surface area contributed by atoms with E-state index in [2.05, 4.69) is 16.0 Å². The number of nitrogens with one attached hydrogen (secondary N) is 3. The van der Waals surface area contributed by atoms with Gasteiger partial charge in [-0.05, 0) is 49.7 Å². The molecule has 0 saturated carbocycles. The highest BCUT2D eigenvalue weighted by molar-refractivity contribution is 6.35. The number of amides is 2. The van der Waals surface area contributed by atoms with Crippen LogP contribution in [0.25, 0.3) is 0 Å². The third-order valence-corrected chi connectivity index (χ3v) is 4.34. The van der Waals surface area contributed by atoms with Gasteiger partial charge in [-0.3, -0.25) is 14.9 Å². The topological polar surface area (TPSA) is 79.5 Å². The van der Waals surface area contributed by atoms with E-state index in [4.69, 9.17) is 27.9 Å². The highest BCUT2D eigenvalue weighted by Crippen LogP contribution is 2.26. The number of methoxy groups -OCH3 is 1. The second-order valence-electron chi connectivity index (χ2n) is 5.97. The normalized spacial score (nSPS) is 11.6. The van der Waals surface area contributed by atoms with Crippen LogP contribution >= 0.6 is 23.2 Å². The van der Waals surface area contributed by atoms with Gasteiger partial charge in [0.15, 0.2) is 0 Å². The number of benzene rings is 2. The molecular formula is C19H21Cl2N3O3. The van der Waals surface area contributed by atoms with Gasteiger partial charge in [-0.2, -0.15) is 0 Å². The maximum absolute atomic E-state index is 12.3. The van der Waals surface area contributed by atoms with Crippen molar-refractivity contribution in [1.82, 2.24) is 5.32 Å². The maximum Gasteiger partial charge on any atom is 0.241 e. The smallest absolute Gasteiger partial charge is 0.241 e. The van der Waals surface area contributed by atoms with Gasteiger partial charge >= 0.3 is 0 Å². The van der Waals surface area contributed by atoms with Crippen LogP contribution in [-0.4, -0.2) is 31.5 Å². The Morgan fingerprint density at radius 1 is 1.07 bits per heavy atom. The molecule has 0 spiro atoms. The lowest BCUT2D eigenvalue weighted by atomic mass is 10.2. The monoisotopic (exact) mass is 409 g/mol. The van der Waals surface area contributed by atoms with Crippen molar-refractivity contribution in [1.29, 1.82) is 0 Å². The first kappa shape index (κ1) is 21.0. The van der Waals surface area contributed by atoms with E-state index in [0.29, 0.717) is 27.2 Å². The molecule has 0 radical (unpaired) electrons. The summed E-state index contributed by atoms with van der Waals surface area (Å²) >= 11 is 11.9. The Morgan fingerprint density at radius 3 is 2.52 bits per heavy atom. The Hall–Kier alpha value is -2.28. The van der Waals surface area contributed by atoms with E-state index in [1.54, 1.807) is 31.2 Å². The molecule has 27 heavy (non-hydrogen) atoms. The van der Waals surface area contributed by atoms with Gasteiger partial charge in [-0.1, -0.05) is 29.3 Å². The molecule has 0 aromatic heterocycles. The van der Waals surface area contributed by atoms with Crippen LogP contribution in [0.2, 0.25) is 10.0 Å². The Bertz CT molecular complexity index is 843. The van der Waals surface area contributed by atoms with Crippen molar-refractivity contribution >= 4 is 46.4 Å². The quantitative estimate of drug-likeness (QED) is 0.648. The Labute approximate surface area is 168 Å². The van der Waals surface area contributed by atoms with Gasteiger partial charge in [0.05, 0.1) is 36.1 Å². The molecule has 2 rings (SSSR count). The summed E-state index contributed by atoms with van der Waals surface area (Å²) in [6.45, 7) is 3.52. The molecule has 0 heterocycles. The Balaban J connectivity index is 1.90. The standard InChI is InChI=1S/C19H21Cl2N3O3/c1-11-4-7-17(27-3)16(8-11)23-18(25)10-22-12(2)19(26)24-15-9-13(20)5-6-14(15)21/h4-9,12,22H,10H2,1-3H3,(H,23,25)(H,24,26)/t12-/m0/s1. The molecular weight excluding hydrogens is 389 g/mol. The van der Waals surface area contributed by atoms with Crippen molar-refractivity contribution in [2.24, 2.45) is 0 Å². The van der Waals surface area contributed by atoms with Gasteiger partial charge in [0.25, 0.3) is 0 Å². The van der Waals surface area contributed by atoms with E-state index >= 15 is 0 Å². The number of aryl methyl sites for hydroxylation is 1. The average molecular weight is 410 g/mol. The predicted molar refractivity (Wildman–Crippen MR) is 109 cm³/mol. The summed E-state index contributed by atoms with van der Waals surface area (Å²) in [5, 5.41) is 9.15. The number of anilines is 2. The molecule has 144 valence electrons. The van der Waals surface area contributed by atoms with E-state index in [0.717, 1.165) is 5.56 Å². The van der Waals surface area contributed by atoms with Gasteiger partial charge in [-0.25, -0.2) is 0 Å². The first-order chi connectivity index (χ1) is 12.8. The maximum atomic E-state index is 12.3. The van der Waals surface area contributed by atoms with Crippen molar-refractivity contribution in [2.75, 3.05) is 24.3 Å². The molecule has 0 aliphatic heterocycles. The molecule has 0 bridgehead atoms. The van der Waals surface area contributed by atoms with E-state index in [1.807, 2.05) is 19.1 Å². The van der Waals surface area contributed by atoms with Crippen LogP contribution in [-0.2, 0) is 9.59 Å². The molecule has 1 atom stereocenters. The lowest BCUT2D eigenvalue weighted by molar-refractivity contribution is -0.118. The SMILES string of the molecule is COc1ccc(C)cc1NC(=O)CN[C@@H](C)C(=O)Nc1cc(Cl)ccc1Cl. The molecule has 2 amide bonds. The van der Waals surface area contributed by atoms with Gasteiger partial charge in [-0.15, -0.1) is 0 Å². The largest absolute Gasteiger partial charge is 0.495 e. The van der Waals surface area contributed by atoms with Crippen LogP contribution in [0.4, 0.5) is 11.4 Å². The Kier molecular flexibility index (Phi) is 7.47. The fourth-order valence-corrected chi connectivity index (χ4v) is 2.62. The van der Waals surface area contributed by atoms with Gasteiger partial charge in [0, 0.05) is 5.02 Å². The van der Waals surface area contributed by atoms with Crippen LogP contribution in [0, 0.1) is 6.92 Å². The first-order valence-corrected chi connectivity index (χ1v) is 8.99. The molecule has 0 fully saturated rings. The minimum atomic E-state index is -0.620. The summed E-state index contributed by atoms with van der Waals surface area (Å²) in [5.41, 5.74) is 1.98.